The van der Waals surface area contributed by atoms with E-state index in [1.54, 1.807) is 0 Å². The van der Waals surface area contributed by atoms with Crippen molar-refractivity contribution >= 4 is 0 Å². The second kappa shape index (κ2) is 4.67. The number of benzene rings is 1. The van der Waals surface area contributed by atoms with Gasteiger partial charge in [0, 0.05) is 31.7 Å². The van der Waals surface area contributed by atoms with Gasteiger partial charge in [0.1, 0.15) is 0 Å². The molecular formula is C16H24N2. The highest BCUT2D eigenvalue weighted by molar-refractivity contribution is 5.20. The first-order valence-corrected chi connectivity index (χ1v) is 7.19. The number of nitrogens with zero attached hydrogens (tertiary/aromatic N) is 1. The minimum absolute atomic E-state index is 0.555. The Morgan fingerprint density at radius 1 is 1.28 bits per heavy atom. The Kier molecular flexibility index (Phi) is 3.16. The molecule has 1 heterocycles. The number of nitrogens with one attached hydrogen (secondary N) is 1. The van der Waals surface area contributed by atoms with Crippen LogP contribution in [0.15, 0.2) is 30.3 Å². The van der Waals surface area contributed by atoms with Gasteiger partial charge in [0.25, 0.3) is 0 Å². The van der Waals surface area contributed by atoms with Gasteiger partial charge in [-0.25, -0.2) is 0 Å². The fourth-order valence-electron chi connectivity index (χ4n) is 3.03. The molecule has 2 heteroatoms. The minimum atomic E-state index is 0.555. The zero-order chi connectivity index (χ0) is 12.6. The molecule has 3 rings (SSSR count). The Morgan fingerprint density at radius 3 is 2.67 bits per heavy atom. The van der Waals surface area contributed by atoms with Crippen LogP contribution in [0.3, 0.4) is 0 Å². The van der Waals surface area contributed by atoms with Crippen molar-refractivity contribution in [3.63, 3.8) is 0 Å². The molecule has 98 valence electrons. The summed E-state index contributed by atoms with van der Waals surface area (Å²) in [7, 11) is 0. The Balaban J connectivity index is 1.77. The molecule has 1 saturated heterocycles. The summed E-state index contributed by atoms with van der Waals surface area (Å²) in [5, 5.41) is 3.63. The Labute approximate surface area is 110 Å². The molecule has 0 radical (unpaired) electrons. The van der Waals surface area contributed by atoms with E-state index in [1.165, 1.54) is 31.5 Å². The molecular weight excluding hydrogens is 220 g/mol. The summed E-state index contributed by atoms with van der Waals surface area (Å²) >= 11 is 0. The molecule has 1 N–H and O–H groups in total. The molecule has 2 nitrogen and oxygen atoms in total. The summed E-state index contributed by atoms with van der Waals surface area (Å²) in [5.41, 5.74) is 2.06. The fraction of sp³-hybridized carbons (Fsp3) is 0.625. The van der Waals surface area contributed by atoms with E-state index in [0.29, 0.717) is 17.5 Å². The zero-order valence-corrected chi connectivity index (χ0v) is 11.5. The number of rotatable bonds is 3. The van der Waals surface area contributed by atoms with Crippen LogP contribution in [-0.4, -0.2) is 30.6 Å². The van der Waals surface area contributed by atoms with Gasteiger partial charge in [-0.15, -0.1) is 0 Å². The summed E-state index contributed by atoms with van der Waals surface area (Å²) in [5.74, 6) is 0. The lowest BCUT2D eigenvalue weighted by molar-refractivity contribution is 0.112. The fourth-order valence-corrected chi connectivity index (χ4v) is 3.03. The van der Waals surface area contributed by atoms with Crippen LogP contribution in [0.1, 0.15) is 38.3 Å². The molecule has 0 bridgehead atoms. The van der Waals surface area contributed by atoms with Gasteiger partial charge in [-0.3, -0.25) is 4.90 Å². The van der Waals surface area contributed by atoms with Gasteiger partial charge >= 0.3 is 0 Å². The van der Waals surface area contributed by atoms with E-state index in [1.807, 2.05) is 0 Å². The maximum atomic E-state index is 3.63. The summed E-state index contributed by atoms with van der Waals surface area (Å²) < 4.78 is 0. The molecule has 1 aromatic rings. The highest BCUT2D eigenvalue weighted by Gasteiger charge is 2.41. The molecule has 18 heavy (non-hydrogen) atoms. The van der Waals surface area contributed by atoms with Crippen LogP contribution in [0.4, 0.5) is 0 Å². The standard InChI is InChI=1S/C16H24N2/c1-13-11-18(12-16(2)8-9-16)15(10-17-13)14-6-4-3-5-7-14/h3-7,13,15,17H,8-12H2,1-2H3. The van der Waals surface area contributed by atoms with Crippen LogP contribution in [0, 0.1) is 5.41 Å². The molecule has 1 saturated carbocycles. The lowest BCUT2D eigenvalue weighted by Gasteiger charge is -2.41. The third kappa shape index (κ3) is 2.60. The number of hydrogen-bond donors (Lipinski definition) is 1. The number of piperazine rings is 1. The molecule has 1 aromatic carbocycles. The van der Waals surface area contributed by atoms with Crippen molar-refractivity contribution < 1.29 is 0 Å². The van der Waals surface area contributed by atoms with Crippen molar-refractivity contribution in [3.8, 4) is 0 Å². The van der Waals surface area contributed by atoms with Crippen molar-refractivity contribution in [3.05, 3.63) is 35.9 Å². The van der Waals surface area contributed by atoms with E-state index in [0.717, 1.165) is 6.54 Å². The van der Waals surface area contributed by atoms with Crippen molar-refractivity contribution in [2.24, 2.45) is 5.41 Å². The Hall–Kier alpha value is -0.860. The summed E-state index contributed by atoms with van der Waals surface area (Å²) in [6.07, 6.45) is 2.82. The van der Waals surface area contributed by atoms with Crippen LogP contribution >= 0.6 is 0 Å². The minimum Gasteiger partial charge on any atom is -0.311 e. The van der Waals surface area contributed by atoms with Gasteiger partial charge in [-0.2, -0.15) is 0 Å². The largest absolute Gasteiger partial charge is 0.311 e. The first kappa shape index (κ1) is 12.2. The van der Waals surface area contributed by atoms with E-state index in [9.17, 15) is 0 Å². The highest BCUT2D eigenvalue weighted by Crippen LogP contribution is 2.46. The van der Waals surface area contributed by atoms with Crippen molar-refractivity contribution in [2.75, 3.05) is 19.6 Å². The molecule has 2 atom stereocenters. The first-order valence-electron chi connectivity index (χ1n) is 7.19. The van der Waals surface area contributed by atoms with E-state index >= 15 is 0 Å². The van der Waals surface area contributed by atoms with Gasteiger partial charge in [0.15, 0.2) is 0 Å². The van der Waals surface area contributed by atoms with E-state index < -0.39 is 0 Å². The highest BCUT2D eigenvalue weighted by atomic mass is 15.2. The van der Waals surface area contributed by atoms with Crippen LogP contribution in [0.5, 0.6) is 0 Å². The van der Waals surface area contributed by atoms with Crippen LogP contribution < -0.4 is 5.32 Å². The first-order chi connectivity index (χ1) is 8.66. The third-order valence-electron chi connectivity index (χ3n) is 4.48. The van der Waals surface area contributed by atoms with Gasteiger partial charge < -0.3 is 5.32 Å². The smallest absolute Gasteiger partial charge is 0.0473 e. The quantitative estimate of drug-likeness (QED) is 0.879. The van der Waals surface area contributed by atoms with E-state index in [2.05, 4.69) is 54.4 Å². The van der Waals surface area contributed by atoms with Crippen LogP contribution in [0.25, 0.3) is 0 Å². The topological polar surface area (TPSA) is 15.3 Å². The molecule has 0 amide bonds. The molecule has 1 aliphatic heterocycles. The monoisotopic (exact) mass is 244 g/mol. The molecule has 1 aliphatic carbocycles. The predicted octanol–water partition coefficient (Wildman–Crippen LogP) is 2.82. The van der Waals surface area contributed by atoms with Crippen molar-refractivity contribution in [1.82, 2.24) is 10.2 Å². The average molecular weight is 244 g/mol. The van der Waals surface area contributed by atoms with Gasteiger partial charge in [0.2, 0.25) is 0 Å². The van der Waals surface area contributed by atoms with Gasteiger partial charge in [-0.1, -0.05) is 37.3 Å². The molecule has 2 fully saturated rings. The van der Waals surface area contributed by atoms with Crippen molar-refractivity contribution in [1.29, 1.82) is 0 Å². The van der Waals surface area contributed by atoms with Crippen LogP contribution in [-0.2, 0) is 0 Å². The van der Waals surface area contributed by atoms with Crippen molar-refractivity contribution in [2.45, 2.75) is 38.8 Å². The lowest BCUT2D eigenvalue weighted by Crippen LogP contribution is -2.52. The van der Waals surface area contributed by atoms with E-state index in [-0.39, 0.29) is 0 Å². The molecule has 0 spiro atoms. The third-order valence-corrected chi connectivity index (χ3v) is 4.48. The summed E-state index contributed by atoms with van der Waals surface area (Å²) in [4.78, 5) is 2.70. The second-order valence-electron chi connectivity index (χ2n) is 6.48. The maximum Gasteiger partial charge on any atom is 0.0473 e. The Bertz CT molecular complexity index is 397. The molecule has 2 unspecified atom stereocenters. The molecule has 0 aromatic heterocycles. The van der Waals surface area contributed by atoms with E-state index in [4.69, 9.17) is 0 Å². The SMILES string of the molecule is CC1CN(CC2(C)CC2)C(c2ccccc2)CN1. The van der Waals surface area contributed by atoms with Gasteiger partial charge in [-0.05, 0) is 30.7 Å². The zero-order valence-electron chi connectivity index (χ0n) is 11.5. The lowest BCUT2D eigenvalue weighted by atomic mass is 9.99. The average Bonchev–Trinajstić information content (AvgIpc) is 3.08. The van der Waals surface area contributed by atoms with Gasteiger partial charge in [0.05, 0.1) is 0 Å². The molecule has 2 aliphatic rings. The Morgan fingerprint density at radius 2 is 2.00 bits per heavy atom. The second-order valence-corrected chi connectivity index (χ2v) is 6.48. The maximum absolute atomic E-state index is 3.63. The summed E-state index contributed by atoms with van der Waals surface area (Å²) in [6.45, 7) is 8.25. The predicted molar refractivity (Wildman–Crippen MR) is 75.6 cm³/mol. The summed E-state index contributed by atoms with van der Waals surface area (Å²) in [6, 6.07) is 12.1. The normalized spacial score (nSPS) is 31.2. The van der Waals surface area contributed by atoms with Crippen LogP contribution in [0.2, 0.25) is 0 Å². The number of hydrogen-bond acceptors (Lipinski definition) is 2.